The summed E-state index contributed by atoms with van der Waals surface area (Å²) in [5, 5.41) is 10.5. The van der Waals surface area contributed by atoms with Crippen molar-refractivity contribution in [3.63, 3.8) is 0 Å². The van der Waals surface area contributed by atoms with Crippen molar-refractivity contribution in [1.82, 2.24) is 0 Å². The second-order valence-electron chi connectivity index (χ2n) is 6.09. The summed E-state index contributed by atoms with van der Waals surface area (Å²) in [5.74, 6) is -0.875. The summed E-state index contributed by atoms with van der Waals surface area (Å²) in [6.45, 7) is 2.39. The highest BCUT2D eigenvalue weighted by Crippen LogP contribution is 2.42. The second kappa shape index (κ2) is 7.11. The highest BCUT2D eigenvalue weighted by atomic mass is 16.5. The number of benzene rings is 1. The molecule has 3 aromatic rings. The van der Waals surface area contributed by atoms with Crippen LogP contribution in [0, 0.1) is 0 Å². The van der Waals surface area contributed by atoms with Gasteiger partial charge < -0.3 is 18.7 Å². The lowest BCUT2D eigenvalue weighted by Gasteiger charge is -2.25. The summed E-state index contributed by atoms with van der Waals surface area (Å²) in [6, 6.07) is 12.2. The lowest BCUT2D eigenvalue weighted by Crippen LogP contribution is -2.30. The van der Waals surface area contributed by atoms with Crippen LogP contribution in [0.15, 0.2) is 81.2 Å². The maximum absolute atomic E-state index is 12.9. The molecule has 4 rings (SSSR count). The van der Waals surface area contributed by atoms with Crippen LogP contribution in [0.4, 0.5) is 5.69 Å². The first kappa shape index (κ1) is 17.7. The van der Waals surface area contributed by atoms with Crippen molar-refractivity contribution in [1.29, 1.82) is 0 Å². The predicted octanol–water partition coefficient (Wildman–Crippen LogP) is 4.05. The average Bonchev–Trinajstić information content (AvgIpc) is 3.45. The first-order chi connectivity index (χ1) is 13.6. The molecule has 1 N–H and O–H groups in total. The number of carbonyl (C=O) groups is 2. The molecular formula is C21H17NO6. The minimum atomic E-state index is -0.918. The fraction of sp³-hybridized carbons (Fsp3) is 0.143. The van der Waals surface area contributed by atoms with Crippen LogP contribution in [0.25, 0.3) is 0 Å². The van der Waals surface area contributed by atoms with E-state index in [1.54, 1.807) is 42.5 Å². The summed E-state index contributed by atoms with van der Waals surface area (Å²) in [5.41, 5.74) is 0.396. The highest BCUT2D eigenvalue weighted by Gasteiger charge is 2.46. The molecule has 142 valence electrons. The summed E-state index contributed by atoms with van der Waals surface area (Å²) in [4.78, 5) is 27.1. The van der Waals surface area contributed by atoms with Gasteiger partial charge in [0.05, 0.1) is 24.7 Å². The highest BCUT2D eigenvalue weighted by molar-refractivity contribution is 6.20. The normalized spacial score (nSPS) is 16.7. The van der Waals surface area contributed by atoms with Gasteiger partial charge in [0, 0.05) is 5.69 Å². The van der Waals surface area contributed by atoms with Crippen LogP contribution >= 0.6 is 0 Å². The largest absolute Gasteiger partial charge is 0.503 e. The van der Waals surface area contributed by atoms with Crippen LogP contribution in [0.5, 0.6) is 5.75 Å². The number of ether oxygens (including phenoxy) is 1. The number of hydrogen-bond donors (Lipinski definition) is 1. The zero-order valence-corrected chi connectivity index (χ0v) is 15.0. The topological polar surface area (TPSA) is 93.1 Å². The van der Waals surface area contributed by atoms with Gasteiger partial charge in [-0.3, -0.25) is 14.5 Å². The van der Waals surface area contributed by atoms with Crippen LogP contribution < -0.4 is 9.64 Å². The number of ketones is 1. The van der Waals surface area contributed by atoms with Gasteiger partial charge in [-0.1, -0.05) is 0 Å². The van der Waals surface area contributed by atoms with Crippen molar-refractivity contribution < 1.29 is 28.3 Å². The van der Waals surface area contributed by atoms with E-state index < -0.39 is 23.5 Å². The van der Waals surface area contributed by atoms with Gasteiger partial charge in [-0.05, 0) is 55.5 Å². The monoisotopic (exact) mass is 379 g/mol. The molecule has 0 radical (unpaired) electrons. The molecule has 1 amide bonds. The third-order valence-electron chi connectivity index (χ3n) is 4.44. The number of carbonyl (C=O) groups excluding carboxylic acids is 2. The standard InChI is InChI=1S/C21H17NO6/c1-2-26-14-9-7-13(8-10-14)22-18(15-5-3-11-27-15)17(20(24)21(22)25)19(23)16-6-4-12-28-16/h3-12,18,24H,2H2,1H3. The maximum Gasteiger partial charge on any atom is 0.294 e. The fourth-order valence-electron chi connectivity index (χ4n) is 3.23. The van der Waals surface area contributed by atoms with Gasteiger partial charge in [0.25, 0.3) is 5.91 Å². The van der Waals surface area contributed by atoms with E-state index in [2.05, 4.69) is 0 Å². The number of amides is 1. The summed E-state index contributed by atoms with van der Waals surface area (Å²) >= 11 is 0. The molecule has 28 heavy (non-hydrogen) atoms. The van der Waals surface area contributed by atoms with E-state index in [0.29, 0.717) is 23.8 Å². The summed E-state index contributed by atoms with van der Waals surface area (Å²) in [7, 11) is 0. The van der Waals surface area contributed by atoms with E-state index in [-0.39, 0.29) is 11.3 Å². The van der Waals surface area contributed by atoms with E-state index >= 15 is 0 Å². The Morgan fingerprint density at radius 1 is 1.11 bits per heavy atom. The van der Waals surface area contributed by atoms with Gasteiger partial charge in [0.1, 0.15) is 17.6 Å². The van der Waals surface area contributed by atoms with E-state index in [1.165, 1.54) is 23.5 Å². The van der Waals surface area contributed by atoms with E-state index in [0.717, 1.165) is 0 Å². The molecule has 1 aromatic carbocycles. The second-order valence-corrected chi connectivity index (χ2v) is 6.09. The third kappa shape index (κ3) is 2.87. The third-order valence-corrected chi connectivity index (χ3v) is 4.44. The molecule has 1 unspecified atom stereocenters. The summed E-state index contributed by atoms with van der Waals surface area (Å²) in [6.07, 6.45) is 2.80. The average molecular weight is 379 g/mol. The molecule has 0 bridgehead atoms. The first-order valence-electron chi connectivity index (χ1n) is 8.73. The predicted molar refractivity (Wildman–Crippen MR) is 99.2 cm³/mol. The lowest BCUT2D eigenvalue weighted by molar-refractivity contribution is -0.117. The van der Waals surface area contributed by atoms with E-state index in [1.807, 2.05) is 6.92 Å². The zero-order valence-electron chi connectivity index (χ0n) is 15.0. The molecule has 0 saturated heterocycles. The maximum atomic E-state index is 12.9. The van der Waals surface area contributed by atoms with Crippen molar-refractivity contribution >= 4 is 17.4 Å². The SMILES string of the molecule is CCOc1ccc(N2C(=O)C(O)=C(C(=O)c3ccco3)C2c2ccco2)cc1. The quantitative estimate of drug-likeness (QED) is 0.650. The molecule has 3 heterocycles. The fourth-order valence-corrected chi connectivity index (χ4v) is 3.23. The first-order valence-corrected chi connectivity index (χ1v) is 8.73. The number of aliphatic hydroxyl groups excluding tert-OH is 1. The molecule has 7 heteroatoms. The number of furan rings is 2. The molecule has 0 aliphatic carbocycles. The molecule has 0 fully saturated rings. The number of aliphatic hydroxyl groups is 1. The smallest absolute Gasteiger partial charge is 0.294 e. The Hall–Kier alpha value is -3.74. The molecule has 1 aliphatic rings. The van der Waals surface area contributed by atoms with Crippen molar-refractivity contribution in [2.24, 2.45) is 0 Å². The molecular weight excluding hydrogens is 362 g/mol. The molecule has 0 spiro atoms. The number of anilines is 1. The van der Waals surface area contributed by atoms with Crippen LogP contribution in [-0.2, 0) is 4.79 Å². The van der Waals surface area contributed by atoms with Gasteiger partial charge in [0.15, 0.2) is 11.5 Å². The Morgan fingerprint density at radius 3 is 2.43 bits per heavy atom. The van der Waals surface area contributed by atoms with E-state index in [9.17, 15) is 14.7 Å². The zero-order chi connectivity index (χ0) is 19.7. The Balaban J connectivity index is 1.79. The van der Waals surface area contributed by atoms with E-state index in [4.69, 9.17) is 13.6 Å². The van der Waals surface area contributed by atoms with Gasteiger partial charge in [-0.2, -0.15) is 0 Å². The number of hydrogen-bond acceptors (Lipinski definition) is 6. The summed E-state index contributed by atoms with van der Waals surface area (Å²) < 4.78 is 16.1. The van der Waals surface area contributed by atoms with Crippen LogP contribution in [0.2, 0.25) is 0 Å². The lowest BCUT2D eigenvalue weighted by atomic mass is 9.99. The van der Waals surface area contributed by atoms with Gasteiger partial charge in [-0.15, -0.1) is 0 Å². The van der Waals surface area contributed by atoms with Crippen molar-refractivity contribution in [2.75, 3.05) is 11.5 Å². The Morgan fingerprint density at radius 2 is 1.82 bits per heavy atom. The Bertz CT molecular complexity index is 1020. The van der Waals surface area contributed by atoms with Gasteiger partial charge in [0.2, 0.25) is 5.78 Å². The van der Waals surface area contributed by atoms with Crippen LogP contribution in [0.3, 0.4) is 0 Å². The number of nitrogens with zero attached hydrogens (tertiary/aromatic N) is 1. The number of Topliss-reactive ketones (excluding diaryl/α,β-unsaturated/α-hetero) is 1. The Kier molecular flexibility index (Phi) is 4.49. The van der Waals surface area contributed by atoms with Gasteiger partial charge >= 0.3 is 0 Å². The van der Waals surface area contributed by atoms with Gasteiger partial charge in [-0.25, -0.2) is 0 Å². The molecule has 1 aliphatic heterocycles. The van der Waals surface area contributed by atoms with Crippen molar-refractivity contribution in [2.45, 2.75) is 13.0 Å². The minimum absolute atomic E-state index is 0.0273. The molecule has 2 aromatic heterocycles. The molecule has 7 nitrogen and oxygen atoms in total. The number of rotatable bonds is 6. The molecule has 0 saturated carbocycles. The van der Waals surface area contributed by atoms with Crippen molar-refractivity contribution in [3.05, 3.63) is 83.9 Å². The molecule has 1 atom stereocenters. The Labute approximate surface area is 160 Å². The van der Waals surface area contributed by atoms with Crippen molar-refractivity contribution in [3.8, 4) is 5.75 Å². The minimum Gasteiger partial charge on any atom is -0.503 e. The van der Waals surface area contributed by atoms with Crippen LogP contribution in [0.1, 0.15) is 29.3 Å². The van der Waals surface area contributed by atoms with Crippen LogP contribution in [-0.4, -0.2) is 23.4 Å².